The van der Waals surface area contributed by atoms with Crippen molar-refractivity contribution in [3.8, 4) is 0 Å². The van der Waals surface area contributed by atoms with Crippen LogP contribution in [0.15, 0.2) is 30.5 Å². The minimum Gasteiger partial charge on any atom is -0.461 e. The van der Waals surface area contributed by atoms with Crippen molar-refractivity contribution in [3.63, 3.8) is 0 Å². The van der Waals surface area contributed by atoms with Gasteiger partial charge in [-0.15, -0.1) is 5.10 Å². The Kier molecular flexibility index (Phi) is 3.72. The number of esters is 1. The number of nitrogens with zero attached hydrogens (tertiary/aromatic N) is 3. The first-order valence-electron chi connectivity index (χ1n) is 5.82. The Morgan fingerprint density at radius 2 is 2.06 bits per heavy atom. The van der Waals surface area contributed by atoms with Crippen molar-refractivity contribution >= 4 is 5.97 Å². The van der Waals surface area contributed by atoms with E-state index in [0.717, 1.165) is 5.56 Å². The predicted molar refractivity (Wildman–Crippen MR) is 66.3 cm³/mol. The van der Waals surface area contributed by atoms with Crippen LogP contribution < -0.4 is 0 Å². The smallest absolute Gasteiger partial charge is 0.360 e. The van der Waals surface area contributed by atoms with E-state index in [9.17, 15) is 4.79 Å². The molecule has 0 aliphatic rings. The molecule has 0 bridgehead atoms. The molecule has 94 valence electrons. The fourth-order valence-corrected chi connectivity index (χ4v) is 1.55. The van der Waals surface area contributed by atoms with Crippen molar-refractivity contribution in [1.29, 1.82) is 0 Å². The molecule has 5 nitrogen and oxygen atoms in total. The molecule has 0 unspecified atom stereocenters. The third kappa shape index (κ3) is 2.94. The van der Waals surface area contributed by atoms with E-state index in [2.05, 4.69) is 10.3 Å². The second-order valence-corrected chi connectivity index (χ2v) is 4.01. The van der Waals surface area contributed by atoms with E-state index in [-0.39, 0.29) is 5.69 Å². The molecular formula is C13H15N3O2. The van der Waals surface area contributed by atoms with Crippen LogP contribution in [0.4, 0.5) is 0 Å². The van der Waals surface area contributed by atoms with Crippen molar-refractivity contribution in [2.75, 3.05) is 6.61 Å². The topological polar surface area (TPSA) is 57.0 Å². The maximum atomic E-state index is 11.4. The minimum atomic E-state index is -0.437. The van der Waals surface area contributed by atoms with E-state index in [1.165, 1.54) is 5.56 Å². The number of carbonyl (C=O) groups excluding carboxylic acids is 1. The number of ether oxygens (including phenoxy) is 1. The van der Waals surface area contributed by atoms with Crippen LogP contribution in [0.5, 0.6) is 0 Å². The van der Waals surface area contributed by atoms with Crippen molar-refractivity contribution in [1.82, 2.24) is 15.0 Å². The second-order valence-electron chi connectivity index (χ2n) is 4.01. The molecule has 5 heteroatoms. The highest BCUT2D eigenvalue weighted by atomic mass is 16.5. The van der Waals surface area contributed by atoms with Crippen LogP contribution in [-0.4, -0.2) is 27.6 Å². The Bertz CT molecular complexity index is 531. The fraction of sp³-hybridized carbons (Fsp3) is 0.308. The van der Waals surface area contributed by atoms with E-state index >= 15 is 0 Å². The van der Waals surface area contributed by atoms with Gasteiger partial charge in [0, 0.05) is 0 Å². The summed E-state index contributed by atoms with van der Waals surface area (Å²) in [6, 6.07) is 8.14. The van der Waals surface area contributed by atoms with Gasteiger partial charge in [-0.25, -0.2) is 9.48 Å². The Morgan fingerprint density at radius 1 is 1.33 bits per heavy atom. The highest BCUT2D eigenvalue weighted by Gasteiger charge is 2.11. The largest absolute Gasteiger partial charge is 0.461 e. The summed E-state index contributed by atoms with van der Waals surface area (Å²) in [7, 11) is 0. The Labute approximate surface area is 105 Å². The zero-order valence-corrected chi connectivity index (χ0v) is 10.5. The van der Waals surface area contributed by atoms with Crippen LogP contribution >= 0.6 is 0 Å². The van der Waals surface area contributed by atoms with E-state index < -0.39 is 5.97 Å². The maximum absolute atomic E-state index is 11.4. The number of rotatable bonds is 4. The van der Waals surface area contributed by atoms with Crippen LogP contribution in [0.2, 0.25) is 0 Å². The third-order valence-electron chi connectivity index (χ3n) is 2.49. The molecule has 0 radical (unpaired) electrons. The molecule has 0 atom stereocenters. The summed E-state index contributed by atoms with van der Waals surface area (Å²) in [4.78, 5) is 11.4. The van der Waals surface area contributed by atoms with Crippen LogP contribution in [0.1, 0.15) is 28.5 Å². The molecule has 1 heterocycles. The number of carbonyl (C=O) groups is 1. The van der Waals surface area contributed by atoms with E-state index in [1.54, 1.807) is 17.8 Å². The first-order valence-corrected chi connectivity index (χ1v) is 5.82. The number of hydrogen-bond donors (Lipinski definition) is 0. The van der Waals surface area contributed by atoms with E-state index in [1.807, 2.05) is 31.2 Å². The van der Waals surface area contributed by atoms with Gasteiger partial charge in [0.25, 0.3) is 0 Å². The molecule has 2 rings (SSSR count). The summed E-state index contributed by atoms with van der Waals surface area (Å²) in [6.45, 7) is 4.73. The monoisotopic (exact) mass is 245 g/mol. The lowest BCUT2D eigenvalue weighted by molar-refractivity contribution is 0.0519. The minimum absolute atomic E-state index is 0.240. The molecule has 0 saturated carbocycles. The van der Waals surface area contributed by atoms with Gasteiger partial charge in [-0.3, -0.25) is 0 Å². The molecule has 0 N–H and O–H groups in total. The molecule has 0 aliphatic heterocycles. The molecule has 1 aromatic carbocycles. The zero-order valence-electron chi connectivity index (χ0n) is 10.5. The summed E-state index contributed by atoms with van der Waals surface area (Å²) < 4.78 is 6.47. The van der Waals surface area contributed by atoms with Crippen molar-refractivity contribution in [2.24, 2.45) is 0 Å². The number of hydrogen-bond acceptors (Lipinski definition) is 4. The molecule has 0 amide bonds. The van der Waals surface area contributed by atoms with Crippen molar-refractivity contribution < 1.29 is 9.53 Å². The standard InChI is InChI=1S/C13H15N3O2/c1-3-18-13(17)12-9-16(15-14-12)8-11-6-4-10(2)5-7-11/h4-7,9H,3,8H2,1-2H3. The van der Waals surface area contributed by atoms with Crippen LogP contribution in [-0.2, 0) is 11.3 Å². The normalized spacial score (nSPS) is 10.3. The van der Waals surface area contributed by atoms with E-state index in [4.69, 9.17) is 4.74 Å². The van der Waals surface area contributed by atoms with Crippen LogP contribution in [0.25, 0.3) is 0 Å². The van der Waals surface area contributed by atoms with Gasteiger partial charge in [0.05, 0.1) is 19.3 Å². The molecule has 0 aliphatic carbocycles. The number of benzene rings is 1. The zero-order chi connectivity index (χ0) is 13.0. The van der Waals surface area contributed by atoms with E-state index in [0.29, 0.717) is 13.2 Å². The molecule has 18 heavy (non-hydrogen) atoms. The second kappa shape index (κ2) is 5.44. The van der Waals surface area contributed by atoms with Gasteiger partial charge in [0.15, 0.2) is 5.69 Å². The van der Waals surface area contributed by atoms with Crippen LogP contribution in [0.3, 0.4) is 0 Å². The average molecular weight is 245 g/mol. The molecule has 0 fully saturated rings. The van der Waals surface area contributed by atoms with Gasteiger partial charge in [0.2, 0.25) is 0 Å². The first-order chi connectivity index (χ1) is 8.69. The first kappa shape index (κ1) is 12.3. The lowest BCUT2D eigenvalue weighted by Crippen LogP contribution is -2.05. The summed E-state index contributed by atoms with van der Waals surface area (Å²) >= 11 is 0. The molecule has 0 spiro atoms. The highest BCUT2D eigenvalue weighted by molar-refractivity contribution is 5.86. The van der Waals surface area contributed by atoms with Crippen molar-refractivity contribution in [2.45, 2.75) is 20.4 Å². The van der Waals surface area contributed by atoms with Gasteiger partial charge in [-0.05, 0) is 19.4 Å². The molecule has 2 aromatic rings. The third-order valence-corrected chi connectivity index (χ3v) is 2.49. The molecular weight excluding hydrogens is 230 g/mol. The molecule has 0 saturated heterocycles. The number of aromatic nitrogens is 3. The Balaban J connectivity index is 2.06. The summed E-state index contributed by atoms with van der Waals surface area (Å²) in [5.74, 6) is -0.437. The SMILES string of the molecule is CCOC(=O)c1cn(Cc2ccc(C)cc2)nn1. The lowest BCUT2D eigenvalue weighted by Gasteiger charge is -2.01. The maximum Gasteiger partial charge on any atom is 0.360 e. The summed E-state index contributed by atoms with van der Waals surface area (Å²) in [6.07, 6.45) is 1.60. The average Bonchev–Trinajstić information content (AvgIpc) is 2.81. The summed E-state index contributed by atoms with van der Waals surface area (Å²) in [5.41, 5.74) is 2.56. The van der Waals surface area contributed by atoms with Gasteiger partial charge in [0.1, 0.15) is 0 Å². The summed E-state index contributed by atoms with van der Waals surface area (Å²) in [5, 5.41) is 7.69. The van der Waals surface area contributed by atoms with Crippen LogP contribution in [0, 0.1) is 6.92 Å². The molecule has 1 aromatic heterocycles. The predicted octanol–water partition coefficient (Wildman–Crippen LogP) is 1.81. The fourth-order valence-electron chi connectivity index (χ4n) is 1.55. The highest BCUT2D eigenvalue weighted by Crippen LogP contribution is 2.05. The Morgan fingerprint density at radius 3 is 2.72 bits per heavy atom. The van der Waals surface area contributed by atoms with Gasteiger partial charge < -0.3 is 4.74 Å². The van der Waals surface area contributed by atoms with Gasteiger partial charge >= 0.3 is 5.97 Å². The quantitative estimate of drug-likeness (QED) is 0.771. The van der Waals surface area contributed by atoms with Gasteiger partial charge in [-0.1, -0.05) is 35.0 Å². The Hall–Kier alpha value is -2.17. The lowest BCUT2D eigenvalue weighted by atomic mass is 10.1. The number of aryl methyl sites for hydroxylation is 1. The van der Waals surface area contributed by atoms with Gasteiger partial charge in [-0.2, -0.15) is 0 Å². The van der Waals surface area contributed by atoms with Crippen molar-refractivity contribution in [3.05, 3.63) is 47.3 Å².